The number of rotatable bonds is 30. The van der Waals surface area contributed by atoms with E-state index >= 15 is 0 Å². The zero-order valence-corrected chi connectivity index (χ0v) is 51.6. The van der Waals surface area contributed by atoms with Gasteiger partial charge in [-0.05, 0) is 104 Å². The third-order valence-corrected chi connectivity index (χ3v) is 16.4. The molecule has 3 aromatic heterocycles. The van der Waals surface area contributed by atoms with Crippen LogP contribution in [0, 0.1) is 19.7 Å². The second-order valence-corrected chi connectivity index (χ2v) is 22.3. The van der Waals surface area contributed by atoms with E-state index in [0.29, 0.717) is 182 Å². The predicted octanol–water partition coefficient (Wildman–Crippen LogP) is 9.71. The Labute approximate surface area is 519 Å². The minimum Gasteiger partial charge on any atom is -0.491 e. The molecule has 1 N–H and O–H groups in total. The normalized spacial score (nSPS) is 15.7. The van der Waals surface area contributed by atoms with Crippen molar-refractivity contribution in [1.82, 2.24) is 29.7 Å². The monoisotopic (exact) mass is 1260 g/mol. The van der Waals surface area contributed by atoms with Gasteiger partial charge in [-0.1, -0.05) is 35.3 Å². The van der Waals surface area contributed by atoms with E-state index in [1.165, 1.54) is 29.8 Å². The summed E-state index contributed by atoms with van der Waals surface area (Å²) in [4.78, 5) is 37.8. The van der Waals surface area contributed by atoms with E-state index in [-0.39, 0.29) is 35.6 Å². The van der Waals surface area contributed by atoms with Crippen molar-refractivity contribution < 1.29 is 71.1 Å². The number of likely N-dealkylation sites (N-methyl/N-ethyl adjacent to an activating group) is 1. The van der Waals surface area contributed by atoms with Crippen LogP contribution in [0.1, 0.15) is 22.4 Å². The topological polar surface area (TPSA) is 206 Å². The Hall–Kier alpha value is -6.38. The SMILES string of the molecule is COCCOCCOCCOCCOCCOCCOCCOc1ccc(-c2nccc(COc3ccc4cc3C[C@H](C(=O)O)Oc3ncnc5sc(-c6ccc(F)cc6)c(c35)-c3c(C)c(Cl)c(c(Cl)c3C)O[C@H](CN3CCN(C)CC3)CO4)n2)cc1. The molecular weight excluding hydrogens is 1190 g/mol. The number of hydrogen-bond acceptors (Lipinski definition) is 20. The number of methoxy groups -OCH3 is 1. The first-order valence-electron chi connectivity index (χ1n) is 28.8. The molecule has 24 heteroatoms. The summed E-state index contributed by atoms with van der Waals surface area (Å²) in [5.41, 5.74) is 5.01. The summed E-state index contributed by atoms with van der Waals surface area (Å²) in [6.07, 6.45) is 0.753. The molecule has 0 saturated carbocycles. The molecule has 2 atom stereocenters. The number of carboxylic acid groups (broad SMARTS) is 1. The van der Waals surface area contributed by atoms with Crippen molar-refractivity contribution in [1.29, 1.82) is 0 Å². The molecule has 0 radical (unpaired) electrons. The molecule has 1 fully saturated rings. The van der Waals surface area contributed by atoms with Crippen molar-refractivity contribution in [2.45, 2.75) is 39.1 Å². The fourth-order valence-corrected chi connectivity index (χ4v) is 11.4. The summed E-state index contributed by atoms with van der Waals surface area (Å²) in [7, 11) is 3.74. The fourth-order valence-electron chi connectivity index (χ4n) is 9.74. The van der Waals surface area contributed by atoms with Gasteiger partial charge in [0.05, 0.1) is 107 Å². The quantitative estimate of drug-likeness (QED) is 0.0416. The standard InChI is InChI=1S/C63H73Cl2FN6O14S/c1-41-53-42(2)57(65)58(56(41)64)85-50(37-72-19-17-71(3)18-20-72)39-83-49-13-14-51(45(35-49)36-52(63(73)74)86-61-55-54(53)59(87-62(55)69-40-68-61)43-5-9-46(66)10-6-43)84-38-47-15-16-67-60(70-47)44-7-11-48(12-8-44)82-34-33-81-32-31-80-30-29-79-28-27-78-26-25-77-24-23-76-22-21-75-4/h5-16,35,40,50,52H,17-34,36-39H2,1-4H3,(H,73,74)/t50-,52-/m1/s1. The van der Waals surface area contributed by atoms with Crippen molar-refractivity contribution in [2.75, 3.05) is 146 Å². The lowest BCUT2D eigenvalue weighted by molar-refractivity contribution is -0.145. The minimum atomic E-state index is -1.50. The van der Waals surface area contributed by atoms with Gasteiger partial charge in [-0.3, -0.25) is 4.90 Å². The first-order valence-corrected chi connectivity index (χ1v) is 30.4. The molecule has 0 unspecified atom stereocenters. The Morgan fingerprint density at radius 1 is 0.713 bits per heavy atom. The van der Waals surface area contributed by atoms with Crippen molar-refractivity contribution in [3.8, 4) is 61.8 Å². The molecule has 6 heterocycles. The van der Waals surface area contributed by atoms with E-state index in [1.54, 1.807) is 49.7 Å². The smallest absolute Gasteiger partial charge is 0.345 e. The fraction of sp³-hybridized carbons (Fsp3) is 0.444. The van der Waals surface area contributed by atoms with Crippen LogP contribution >= 0.6 is 34.5 Å². The van der Waals surface area contributed by atoms with Crippen LogP contribution in [0.2, 0.25) is 10.0 Å². The van der Waals surface area contributed by atoms with Crippen LogP contribution in [-0.2, 0) is 51.0 Å². The molecular formula is C63H73Cl2FN6O14S. The molecule has 4 bridgehead atoms. The van der Waals surface area contributed by atoms with Gasteiger partial charge >= 0.3 is 5.97 Å². The van der Waals surface area contributed by atoms with Crippen LogP contribution in [-0.4, -0.2) is 199 Å². The molecule has 3 aliphatic heterocycles. The Morgan fingerprint density at radius 3 is 1.94 bits per heavy atom. The molecule has 0 spiro atoms. The second-order valence-electron chi connectivity index (χ2n) is 20.5. The van der Waals surface area contributed by atoms with Crippen LogP contribution in [0.4, 0.5) is 4.39 Å². The highest BCUT2D eigenvalue weighted by molar-refractivity contribution is 7.22. The lowest BCUT2D eigenvalue weighted by Crippen LogP contribution is -2.49. The number of carboxylic acids is 1. The van der Waals surface area contributed by atoms with Gasteiger partial charge in [0, 0.05) is 74.0 Å². The summed E-state index contributed by atoms with van der Waals surface area (Å²) < 4.78 is 84.9. The number of aliphatic carboxylic acids is 1. The molecule has 10 rings (SSSR count). The average Bonchev–Trinajstić information content (AvgIpc) is 2.72. The lowest BCUT2D eigenvalue weighted by atomic mass is 9.92. The minimum absolute atomic E-state index is 0.0108. The van der Waals surface area contributed by atoms with Gasteiger partial charge in [0.1, 0.15) is 60.1 Å². The highest BCUT2D eigenvalue weighted by Gasteiger charge is 2.32. The maximum absolute atomic E-state index is 14.5. The Kier molecular flexibility index (Phi) is 24.9. The highest BCUT2D eigenvalue weighted by Crippen LogP contribution is 2.53. The van der Waals surface area contributed by atoms with Crippen LogP contribution in [0.3, 0.4) is 0 Å². The van der Waals surface area contributed by atoms with Crippen LogP contribution in [0.25, 0.3) is 43.2 Å². The maximum atomic E-state index is 14.5. The predicted molar refractivity (Wildman–Crippen MR) is 328 cm³/mol. The van der Waals surface area contributed by atoms with Crippen LogP contribution < -0.4 is 23.7 Å². The van der Waals surface area contributed by atoms with Gasteiger partial charge in [0.15, 0.2) is 11.6 Å². The third-order valence-electron chi connectivity index (χ3n) is 14.4. The third kappa shape index (κ3) is 18.4. The number of nitrogens with zero attached hydrogens (tertiary/aromatic N) is 6. The first kappa shape index (κ1) is 65.1. The van der Waals surface area contributed by atoms with E-state index in [2.05, 4.69) is 31.8 Å². The van der Waals surface area contributed by atoms with E-state index in [1.807, 2.05) is 38.1 Å². The number of hydrogen-bond donors (Lipinski definition) is 1. The number of aromatic nitrogens is 4. The van der Waals surface area contributed by atoms with E-state index in [4.69, 9.17) is 85.0 Å². The summed E-state index contributed by atoms with van der Waals surface area (Å²) in [5.74, 6) is 0.591. The number of benzene rings is 4. The molecule has 20 nitrogen and oxygen atoms in total. The largest absolute Gasteiger partial charge is 0.491 e. The highest BCUT2D eigenvalue weighted by atomic mass is 35.5. The molecule has 3 aliphatic rings. The number of halogens is 3. The molecule has 0 aliphatic carbocycles. The van der Waals surface area contributed by atoms with Gasteiger partial charge in [-0.25, -0.2) is 29.1 Å². The van der Waals surface area contributed by atoms with Gasteiger partial charge in [0.2, 0.25) is 12.0 Å². The zero-order chi connectivity index (χ0) is 60.9. The summed E-state index contributed by atoms with van der Waals surface area (Å²) in [6.45, 7) is 14.3. The zero-order valence-electron chi connectivity index (χ0n) is 49.3. The van der Waals surface area contributed by atoms with Gasteiger partial charge < -0.3 is 66.8 Å². The molecule has 7 aromatic rings. The van der Waals surface area contributed by atoms with Crippen molar-refractivity contribution in [2.24, 2.45) is 0 Å². The summed E-state index contributed by atoms with van der Waals surface area (Å²) in [5, 5.41) is 12.0. The lowest BCUT2D eigenvalue weighted by Gasteiger charge is -2.35. The number of piperazine rings is 1. The van der Waals surface area contributed by atoms with Crippen LogP contribution in [0.5, 0.6) is 28.9 Å². The number of carbonyl (C=O) groups is 1. The Balaban J connectivity index is 0.844. The molecule has 4 aromatic carbocycles. The number of fused-ring (bicyclic) bond motifs is 7. The summed E-state index contributed by atoms with van der Waals surface area (Å²) in [6, 6.07) is 20.5. The average molecular weight is 1260 g/mol. The second kappa shape index (κ2) is 33.3. The maximum Gasteiger partial charge on any atom is 0.345 e. The van der Waals surface area contributed by atoms with Gasteiger partial charge in [-0.2, -0.15) is 0 Å². The molecule has 1 saturated heterocycles. The number of ether oxygens (including phenoxy) is 12. The van der Waals surface area contributed by atoms with Crippen molar-refractivity contribution in [3.05, 3.63) is 124 Å². The van der Waals surface area contributed by atoms with E-state index in [0.717, 1.165) is 31.7 Å². The summed E-state index contributed by atoms with van der Waals surface area (Å²) >= 11 is 16.0. The van der Waals surface area contributed by atoms with Crippen LogP contribution in [0.15, 0.2) is 85.3 Å². The van der Waals surface area contributed by atoms with Crippen molar-refractivity contribution in [3.63, 3.8) is 0 Å². The molecule has 0 amide bonds. The molecule has 87 heavy (non-hydrogen) atoms. The van der Waals surface area contributed by atoms with Crippen molar-refractivity contribution >= 4 is 50.7 Å². The Morgan fingerprint density at radius 2 is 1.32 bits per heavy atom. The van der Waals surface area contributed by atoms with Gasteiger partial charge in [-0.15, -0.1) is 11.3 Å². The van der Waals surface area contributed by atoms with Gasteiger partial charge in [0.25, 0.3) is 0 Å². The number of thiophene rings is 1. The van der Waals surface area contributed by atoms with E-state index < -0.39 is 24.0 Å². The Bertz CT molecular complexity index is 3300. The first-order chi connectivity index (χ1) is 42.4. The molecule has 466 valence electrons. The van der Waals surface area contributed by atoms with E-state index in [9.17, 15) is 14.3 Å².